The lowest BCUT2D eigenvalue weighted by Crippen LogP contribution is -2.52. The Bertz CT molecular complexity index is 379. The summed E-state index contributed by atoms with van der Waals surface area (Å²) < 4.78 is 0. The number of hydrogen-bond donors (Lipinski definition) is 2. The Hall–Kier alpha value is -0.900. The predicted octanol–water partition coefficient (Wildman–Crippen LogP) is 1.61. The molecular weight excluding hydrogens is 224 g/mol. The second kappa shape index (κ2) is 5.39. The van der Waals surface area contributed by atoms with E-state index in [9.17, 15) is 5.11 Å². The van der Waals surface area contributed by atoms with Crippen LogP contribution in [0.25, 0.3) is 0 Å². The zero-order valence-corrected chi connectivity index (χ0v) is 11.3. The zero-order chi connectivity index (χ0) is 13.2. The third-order valence-electron chi connectivity index (χ3n) is 3.99. The molecule has 1 aromatic rings. The van der Waals surface area contributed by atoms with Gasteiger partial charge in [-0.25, -0.2) is 0 Å². The summed E-state index contributed by atoms with van der Waals surface area (Å²) in [5.41, 5.74) is 6.35. The maximum atomic E-state index is 10.6. The smallest absolute Gasteiger partial charge is 0.0938 e. The van der Waals surface area contributed by atoms with E-state index in [2.05, 4.69) is 43.0 Å². The molecule has 0 aliphatic carbocycles. The fraction of sp³-hybridized carbons (Fsp3) is 0.600. The molecule has 1 saturated heterocycles. The van der Waals surface area contributed by atoms with Gasteiger partial charge < -0.3 is 10.8 Å². The average Bonchev–Trinajstić information content (AvgIpc) is 2.69. The fourth-order valence-corrected chi connectivity index (χ4v) is 3.22. The molecule has 3 heteroatoms. The Kier molecular flexibility index (Phi) is 4.05. The van der Waals surface area contributed by atoms with Crippen LogP contribution in [0.1, 0.15) is 25.8 Å². The quantitative estimate of drug-likeness (QED) is 0.851. The maximum absolute atomic E-state index is 10.6. The van der Waals surface area contributed by atoms with E-state index in [-0.39, 0.29) is 6.04 Å². The Morgan fingerprint density at radius 1 is 1.39 bits per heavy atom. The number of nitrogens with zero attached hydrogens (tertiary/aromatic N) is 1. The summed E-state index contributed by atoms with van der Waals surface area (Å²) in [7, 11) is 0. The van der Waals surface area contributed by atoms with Crippen molar-refractivity contribution in [3.05, 3.63) is 35.9 Å². The molecule has 3 N–H and O–H groups in total. The zero-order valence-electron chi connectivity index (χ0n) is 11.3. The van der Waals surface area contributed by atoms with Crippen LogP contribution >= 0.6 is 0 Å². The number of likely N-dealkylation sites (tertiary alicyclic amines) is 1. The highest BCUT2D eigenvalue weighted by Gasteiger charge is 2.46. The number of rotatable bonds is 4. The Balaban J connectivity index is 2.14. The van der Waals surface area contributed by atoms with Crippen LogP contribution in [0.15, 0.2) is 30.3 Å². The van der Waals surface area contributed by atoms with Gasteiger partial charge in [-0.3, -0.25) is 4.90 Å². The first-order valence-corrected chi connectivity index (χ1v) is 6.77. The number of hydrogen-bond acceptors (Lipinski definition) is 3. The standard InChI is InChI=1S/C15H24N2O/c1-12(2)14-15(18,11-16)8-9-17(14)10-13-6-4-3-5-7-13/h3-7,12,14,18H,8-11,16H2,1-2H3. The lowest BCUT2D eigenvalue weighted by molar-refractivity contribution is -0.00959. The normalized spacial score (nSPS) is 29.1. The largest absolute Gasteiger partial charge is 0.387 e. The number of aliphatic hydroxyl groups is 1. The van der Waals surface area contributed by atoms with Gasteiger partial charge in [0.2, 0.25) is 0 Å². The van der Waals surface area contributed by atoms with Crippen LogP contribution in [0.3, 0.4) is 0 Å². The van der Waals surface area contributed by atoms with Crippen LogP contribution in [-0.2, 0) is 6.54 Å². The summed E-state index contributed by atoms with van der Waals surface area (Å²) in [4.78, 5) is 2.37. The summed E-state index contributed by atoms with van der Waals surface area (Å²) in [6, 6.07) is 10.6. The summed E-state index contributed by atoms with van der Waals surface area (Å²) >= 11 is 0. The van der Waals surface area contributed by atoms with Gasteiger partial charge in [-0.2, -0.15) is 0 Å². The highest BCUT2D eigenvalue weighted by molar-refractivity contribution is 5.16. The molecule has 3 nitrogen and oxygen atoms in total. The lowest BCUT2D eigenvalue weighted by Gasteiger charge is -2.36. The van der Waals surface area contributed by atoms with Crippen molar-refractivity contribution in [1.29, 1.82) is 0 Å². The van der Waals surface area contributed by atoms with Gasteiger partial charge in [0.05, 0.1) is 5.60 Å². The number of nitrogens with two attached hydrogens (primary N) is 1. The third-order valence-corrected chi connectivity index (χ3v) is 3.99. The summed E-state index contributed by atoms with van der Waals surface area (Å²) in [6.07, 6.45) is 0.777. The van der Waals surface area contributed by atoms with Crippen LogP contribution in [0.2, 0.25) is 0 Å². The summed E-state index contributed by atoms with van der Waals surface area (Å²) in [5.74, 6) is 0.407. The predicted molar refractivity (Wildman–Crippen MR) is 74.1 cm³/mol. The van der Waals surface area contributed by atoms with E-state index in [1.165, 1.54) is 5.56 Å². The molecule has 0 amide bonds. The molecule has 0 aromatic heterocycles. The van der Waals surface area contributed by atoms with E-state index in [1.54, 1.807) is 0 Å². The Labute approximate surface area is 110 Å². The van der Waals surface area contributed by atoms with Crippen LogP contribution in [0.5, 0.6) is 0 Å². The minimum Gasteiger partial charge on any atom is -0.387 e. The third kappa shape index (κ3) is 2.58. The van der Waals surface area contributed by atoms with E-state index in [0.717, 1.165) is 19.5 Å². The molecule has 100 valence electrons. The van der Waals surface area contributed by atoms with Crippen molar-refractivity contribution in [3.63, 3.8) is 0 Å². The minimum atomic E-state index is -0.719. The lowest BCUT2D eigenvalue weighted by atomic mass is 9.87. The minimum absolute atomic E-state index is 0.155. The van der Waals surface area contributed by atoms with Gasteiger partial charge in [0.1, 0.15) is 0 Å². The molecule has 1 aromatic carbocycles. The summed E-state index contributed by atoms with van der Waals surface area (Å²) in [5, 5.41) is 10.6. The van der Waals surface area contributed by atoms with Crippen LogP contribution in [0.4, 0.5) is 0 Å². The summed E-state index contributed by atoms with van der Waals surface area (Å²) in [6.45, 7) is 6.49. The van der Waals surface area contributed by atoms with Crippen LogP contribution < -0.4 is 5.73 Å². The number of benzene rings is 1. The van der Waals surface area contributed by atoms with Crippen molar-refractivity contribution < 1.29 is 5.11 Å². The van der Waals surface area contributed by atoms with Gasteiger partial charge in [0, 0.05) is 25.7 Å². The second-order valence-corrected chi connectivity index (χ2v) is 5.70. The molecule has 0 spiro atoms. The second-order valence-electron chi connectivity index (χ2n) is 5.70. The monoisotopic (exact) mass is 248 g/mol. The van der Waals surface area contributed by atoms with Gasteiger partial charge in [-0.1, -0.05) is 44.2 Å². The molecule has 18 heavy (non-hydrogen) atoms. The van der Waals surface area contributed by atoms with Crippen molar-refractivity contribution in [2.75, 3.05) is 13.1 Å². The van der Waals surface area contributed by atoms with Gasteiger partial charge in [0.25, 0.3) is 0 Å². The fourth-order valence-electron chi connectivity index (χ4n) is 3.22. The Morgan fingerprint density at radius 3 is 2.61 bits per heavy atom. The molecule has 2 atom stereocenters. The van der Waals surface area contributed by atoms with Gasteiger partial charge in [-0.05, 0) is 17.9 Å². The van der Waals surface area contributed by atoms with Crippen molar-refractivity contribution >= 4 is 0 Å². The first-order chi connectivity index (χ1) is 8.57. The average molecular weight is 248 g/mol. The topological polar surface area (TPSA) is 49.5 Å². The Morgan fingerprint density at radius 2 is 2.06 bits per heavy atom. The highest BCUT2D eigenvalue weighted by atomic mass is 16.3. The first-order valence-electron chi connectivity index (χ1n) is 6.77. The van der Waals surface area contributed by atoms with Crippen molar-refractivity contribution in [2.24, 2.45) is 11.7 Å². The first kappa shape index (κ1) is 13.5. The van der Waals surface area contributed by atoms with E-state index in [0.29, 0.717) is 12.5 Å². The highest BCUT2D eigenvalue weighted by Crippen LogP contribution is 2.33. The van der Waals surface area contributed by atoms with Crippen LogP contribution in [-0.4, -0.2) is 34.7 Å². The van der Waals surface area contributed by atoms with E-state index < -0.39 is 5.60 Å². The molecule has 1 aliphatic rings. The van der Waals surface area contributed by atoms with Gasteiger partial charge >= 0.3 is 0 Å². The van der Waals surface area contributed by atoms with Crippen molar-refractivity contribution in [2.45, 2.75) is 38.5 Å². The molecule has 1 heterocycles. The van der Waals surface area contributed by atoms with E-state index >= 15 is 0 Å². The molecule has 1 fully saturated rings. The molecule has 1 aliphatic heterocycles. The molecular formula is C15H24N2O. The maximum Gasteiger partial charge on any atom is 0.0938 e. The molecule has 0 saturated carbocycles. The SMILES string of the molecule is CC(C)C1N(Cc2ccccc2)CCC1(O)CN. The van der Waals surface area contributed by atoms with Gasteiger partial charge in [-0.15, -0.1) is 0 Å². The van der Waals surface area contributed by atoms with Crippen molar-refractivity contribution in [3.8, 4) is 0 Å². The van der Waals surface area contributed by atoms with Crippen LogP contribution in [0, 0.1) is 5.92 Å². The van der Waals surface area contributed by atoms with E-state index in [1.807, 2.05) is 6.07 Å². The van der Waals surface area contributed by atoms with Gasteiger partial charge in [0.15, 0.2) is 0 Å². The molecule has 0 bridgehead atoms. The van der Waals surface area contributed by atoms with Crippen molar-refractivity contribution in [1.82, 2.24) is 4.90 Å². The molecule has 2 rings (SSSR count). The molecule has 0 radical (unpaired) electrons. The van der Waals surface area contributed by atoms with E-state index in [4.69, 9.17) is 5.73 Å². The molecule has 2 unspecified atom stereocenters.